The molecule has 0 aromatic heterocycles. The molecule has 102 valence electrons. The van der Waals surface area contributed by atoms with E-state index in [0.717, 1.165) is 38.9 Å². The molecule has 3 nitrogen and oxygen atoms in total. The van der Waals surface area contributed by atoms with Gasteiger partial charge in [0.15, 0.2) is 0 Å². The predicted molar refractivity (Wildman–Crippen MR) is 76.0 cm³/mol. The van der Waals surface area contributed by atoms with Crippen molar-refractivity contribution < 1.29 is 4.79 Å². The number of hydrogen-bond donors (Lipinski definition) is 1. The second-order valence-electron chi connectivity index (χ2n) is 5.73. The number of rotatable bonds is 1. The van der Waals surface area contributed by atoms with E-state index in [1.807, 2.05) is 0 Å². The van der Waals surface area contributed by atoms with E-state index in [1.54, 1.807) is 0 Å². The van der Waals surface area contributed by atoms with Gasteiger partial charge in [0.1, 0.15) is 0 Å². The Balaban J connectivity index is 1.70. The van der Waals surface area contributed by atoms with Gasteiger partial charge in [0.05, 0.1) is 5.92 Å². The maximum atomic E-state index is 12.6. The summed E-state index contributed by atoms with van der Waals surface area (Å²) in [6.45, 7) is 4.85. The van der Waals surface area contributed by atoms with Crippen LogP contribution in [0.3, 0.4) is 0 Å². The molecule has 1 fully saturated rings. The Hall–Kier alpha value is -1.35. The maximum absolute atomic E-state index is 12.6. The molecule has 3 heteroatoms. The molecule has 0 radical (unpaired) electrons. The first kappa shape index (κ1) is 12.7. The number of nitrogens with zero attached hydrogens (tertiary/aromatic N) is 1. The van der Waals surface area contributed by atoms with Crippen molar-refractivity contribution in [3.8, 4) is 0 Å². The topological polar surface area (TPSA) is 32.3 Å². The van der Waals surface area contributed by atoms with Gasteiger partial charge < -0.3 is 10.2 Å². The van der Waals surface area contributed by atoms with Crippen LogP contribution in [-0.2, 0) is 17.6 Å². The van der Waals surface area contributed by atoms with Gasteiger partial charge >= 0.3 is 0 Å². The van der Waals surface area contributed by atoms with Crippen molar-refractivity contribution in [2.75, 3.05) is 19.6 Å². The van der Waals surface area contributed by atoms with Crippen molar-refractivity contribution >= 4 is 5.91 Å². The third-order valence-corrected chi connectivity index (χ3v) is 4.57. The van der Waals surface area contributed by atoms with Crippen LogP contribution in [0.4, 0.5) is 0 Å². The van der Waals surface area contributed by atoms with Gasteiger partial charge in [-0.1, -0.05) is 24.3 Å². The third-order valence-electron chi connectivity index (χ3n) is 4.57. The molecule has 1 aromatic carbocycles. The molecule has 0 spiro atoms. The largest absolute Gasteiger partial charge is 0.342 e. The molecule has 2 unspecified atom stereocenters. The number of fused-ring (bicyclic) bond motifs is 1. The van der Waals surface area contributed by atoms with Crippen LogP contribution in [0.25, 0.3) is 0 Å². The van der Waals surface area contributed by atoms with Gasteiger partial charge in [0.2, 0.25) is 5.91 Å². The maximum Gasteiger partial charge on any atom is 0.227 e. The third kappa shape index (κ3) is 2.52. The first-order valence-corrected chi connectivity index (χ1v) is 7.34. The molecule has 1 saturated heterocycles. The fourth-order valence-corrected chi connectivity index (χ4v) is 3.32. The van der Waals surface area contributed by atoms with Crippen LogP contribution in [0.1, 0.15) is 24.5 Å². The predicted octanol–water partition coefficient (Wildman–Crippen LogP) is 1.61. The van der Waals surface area contributed by atoms with Crippen LogP contribution in [0, 0.1) is 5.92 Å². The second-order valence-corrected chi connectivity index (χ2v) is 5.73. The molecule has 19 heavy (non-hydrogen) atoms. The Bertz CT molecular complexity index is 445. The average molecular weight is 258 g/mol. The monoisotopic (exact) mass is 258 g/mol. The van der Waals surface area contributed by atoms with Crippen LogP contribution in [-0.4, -0.2) is 36.5 Å². The van der Waals surface area contributed by atoms with E-state index in [0.29, 0.717) is 11.9 Å². The van der Waals surface area contributed by atoms with Gasteiger partial charge in [-0.2, -0.15) is 0 Å². The van der Waals surface area contributed by atoms with Crippen molar-refractivity contribution in [3.05, 3.63) is 35.4 Å². The number of hydrogen-bond acceptors (Lipinski definition) is 2. The minimum Gasteiger partial charge on any atom is -0.342 e. The van der Waals surface area contributed by atoms with E-state index in [4.69, 9.17) is 0 Å². The molecule has 2 aliphatic rings. The summed E-state index contributed by atoms with van der Waals surface area (Å²) in [5, 5.41) is 3.37. The van der Waals surface area contributed by atoms with E-state index in [-0.39, 0.29) is 5.92 Å². The Morgan fingerprint density at radius 1 is 1.21 bits per heavy atom. The Morgan fingerprint density at radius 2 is 1.84 bits per heavy atom. The first-order chi connectivity index (χ1) is 9.25. The average Bonchev–Trinajstić information content (AvgIpc) is 2.74. The van der Waals surface area contributed by atoms with Gasteiger partial charge in [-0.05, 0) is 43.9 Å². The highest BCUT2D eigenvalue weighted by Gasteiger charge is 2.32. The fourth-order valence-electron chi connectivity index (χ4n) is 3.32. The lowest BCUT2D eigenvalue weighted by Crippen LogP contribution is -2.41. The van der Waals surface area contributed by atoms with E-state index < -0.39 is 0 Å². The lowest BCUT2D eigenvalue weighted by molar-refractivity contribution is -0.135. The molecular formula is C16H22N2O. The number of carbonyl (C=O) groups is 1. The highest BCUT2D eigenvalue weighted by molar-refractivity contribution is 5.80. The minimum absolute atomic E-state index is 0.182. The summed E-state index contributed by atoms with van der Waals surface area (Å²) in [7, 11) is 0. The van der Waals surface area contributed by atoms with Crippen molar-refractivity contribution in [1.82, 2.24) is 10.2 Å². The van der Waals surface area contributed by atoms with Crippen LogP contribution >= 0.6 is 0 Å². The molecular weight excluding hydrogens is 236 g/mol. The van der Waals surface area contributed by atoms with Crippen molar-refractivity contribution in [1.29, 1.82) is 0 Å². The number of nitrogens with one attached hydrogen (secondary N) is 1. The fraction of sp³-hybridized carbons (Fsp3) is 0.562. The minimum atomic E-state index is 0.182. The van der Waals surface area contributed by atoms with E-state index in [1.165, 1.54) is 11.1 Å². The van der Waals surface area contributed by atoms with Gasteiger partial charge in [0, 0.05) is 19.1 Å². The van der Waals surface area contributed by atoms with Gasteiger partial charge in [-0.15, -0.1) is 0 Å². The molecule has 3 rings (SSSR count). The highest BCUT2D eigenvalue weighted by atomic mass is 16.2. The molecule has 0 saturated carbocycles. The second kappa shape index (κ2) is 5.33. The smallest absolute Gasteiger partial charge is 0.227 e. The van der Waals surface area contributed by atoms with Crippen LogP contribution in [0.5, 0.6) is 0 Å². The zero-order chi connectivity index (χ0) is 13.2. The van der Waals surface area contributed by atoms with Gasteiger partial charge in [0.25, 0.3) is 0 Å². The van der Waals surface area contributed by atoms with Crippen molar-refractivity contribution in [2.45, 2.75) is 32.2 Å². The zero-order valence-corrected chi connectivity index (χ0v) is 11.6. The summed E-state index contributed by atoms with van der Waals surface area (Å²) in [5.74, 6) is 0.534. The SMILES string of the molecule is CC1NCCC1C(=O)N1CCc2ccccc2CC1. The first-order valence-electron chi connectivity index (χ1n) is 7.34. The van der Waals surface area contributed by atoms with Crippen LogP contribution in [0.15, 0.2) is 24.3 Å². The Morgan fingerprint density at radius 3 is 2.37 bits per heavy atom. The summed E-state index contributed by atoms with van der Waals surface area (Å²) in [6.07, 6.45) is 2.98. The summed E-state index contributed by atoms with van der Waals surface area (Å²) >= 11 is 0. The molecule has 0 aliphatic carbocycles. The lowest BCUT2D eigenvalue weighted by Gasteiger charge is -2.25. The Kier molecular flexibility index (Phi) is 3.56. The Labute approximate surface area is 115 Å². The normalized spacial score (nSPS) is 26.9. The molecule has 0 bridgehead atoms. The lowest BCUT2D eigenvalue weighted by atomic mass is 10.0. The van der Waals surface area contributed by atoms with Crippen LogP contribution < -0.4 is 5.32 Å². The molecule has 1 aromatic rings. The quantitative estimate of drug-likeness (QED) is 0.830. The van der Waals surface area contributed by atoms with Crippen molar-refractivity contribution in [3.63, 3.8) is 0 Å². The van der Waals surface area contributed by atoms with Gasteiger partial charge in [-0.25, -0.2) is 0 Å². The van der Waals surface area contributed by atoms with Crippen LogP contribution in [0.2, 0.25) is 0 Å². The molecule has 1 N–H and O–H groups in total. The summed E-state index contributed by atoms with van der Waals surface area (Å²) in [4.78, 5) is 14.7. The number of carbonyl (C=O) groups excluding carboxylic acids is 1. The van der Waals surface area contributed by atoms with Gasteiger partial charge in [-0.3, -0.25) is 4.79 Å². The highest BCUT2D eigenvalue weighted by Crippen LogP contribution is 2.21. The van der Waals surface area contributed by atoms with E-state index in [2.05, 4.69) is 41.4 Å². The van der Waals surface area contributed by atoms with E-state index in [9.17, 15) is 4.79 Å². The summed E-state index contributed by atoms with van der Waals surface area (Å²) in [5.41, 5.74) is 2.82. The van der Waals surface area contributed by atoms with Crippen molar-refractivity contribution in [2.24, 2.45) is 5.92 Å². The number of benzene rings is 1. The zero-order valence-electron chi connectivity index (χ0n) is 11.6. The molecule has 2 atom stereocenters. The molecule has 2 aliphatic heterocycles. The number of amides is 1. The van der Waals surface area contributed by atoms with E-state index >= 15 is 0 Å². The molecule has 2 heterocycles. The summed E-state index contributed by atoms with van der Waals surface area (Å²) in [6, 6.07) is 8.92. The summed E-state index contributed by atoms with van der Waals surface area (Å²) < 4.78 is 0. The molecule has 1 amide bonds. The standard InChI is InChI=1S/C16H22N2O/c1-12-15(6-9-17-12)16(19)18-10-7-13-4-2-3-5-14(13)8-11-18/h2-5,12,15,17H,6-11H2,1H3.